The van der Waals surface area contributed by atoms with E-state index in [0.29, 0.717) is 54.4 Å². The Bertz CT molecular complexity index is 2870. The number of carbonyl (C=O) groups excluding carboxylic acids is 3. The van der Waals surface area contributed by atoms with Crippen molar-refractivity contribution in [2.75, 3.05) is 30.3 Å². The van der Waals surface area contributed by atoms with Crippen molar-refractivity contribution in [3.63, 3.8) is 0 Å². The fraction of sp³-hybridized carbons (Fsp3) is 0.189. The molecular weight excluding hydrogens is 843 g/mol. The maximum absolute atomic E-state index is 13.8. The number of aromatic nitrogens is 3. The standard InChI is InChI=1S/C53H53N9O5/c54-31-49(63)57-43(26-36-12-4-1-5-13-36)33-56-41-23-21-39(22-24-41)35-67-53-47(30-44-20-11-25-66-44)61-51-45(27-37-14-6-2-7-15-37)59-48(34-62(51)53)40-18-10-19-42(29-40)58-52(65)46(60-50(64)32-55)28-38-16-8-3-9-17-38/h1-25,29,34,43,46,56H,26-28,30-33,35,54-55H2,(H,57,63)(H,58,65)(H,60,64). The van der Waals surface area contributed by atoms with Gasteiger partial charge >= 0.3 is 0 Å². The van der Waals surface area contributed by atoms with Crippen LogP contribution in [0, 0.1) is 0 Å². The number of ether oxygens (including phenoxy) is 1. The zero-order valence-electron chi connectivity index (χ0n) is 36.9. The number of imidazole rings is 1. The lowest BCUT2D eigenvalue weighted by Crippen LogP contribution is -2.47. The third-order valence-corrected chi connectivity index (χ3v) is 11.1. The van der Waals surface area contributed by atoms with Crippen molar-refractivity contribution < 1.29 is 23.5 Å². The Balaban J connectivity index is 1.07. The van der Waals surface area contributed by atoms with Crippen LogP contribution >= 0.6 is 0 Å². The number of nitrogens with zero attached hydrogens (tertiary/aromatic N) is 3. The molecule has 0 spiro atoms. The van der Waals surface area contributed by atoms with Gasteiger partial charge in [0.2, 0.25) is 23.6 Å². The van der Waals surface area contributed by atoms with E-state index in [1.165, 1.54) is 0 Å². The first kappa shape index (κ1) is 45.5. The molecule has 8 aromatic rings. The number of nitrogens with one attached hydrogen (secondary N) is 4. The summed E-state index contributed by atoms with van der Waals surface area (Å²) in [6.45, 7) is 0.424. The van der Waals surface area contributed by atoms with Crippen LogP contribution in [0.2, 0.25) is 0 Å². The molecule has 3 heterocycles. The summed E-state index contributed by atoms with van der Waals surface area (Å²) in [6, 6.07) is 47.7. The van der Waals surface area contributed by atoms with Gasteiger partial charge in [-0.25, -0.2) is 9.97 Å². The predicted octanol–water partition coefficient (Wildman–Crippen LogP) is 6.47. The molecule has 8 rings (SSSR count). The highest BCUT2D eigenvalue weighted by Crippen LogP contribution is 2.31. The number of carbonyl (C=O) groups is 3. The van der Waals surface area contributed by atoms with Crippen molar-refractivity contribution in [1.82, 2.24) is 25.0 Å². The minimum absolute atomic E-state index is 0.0792. The van der Waals surface area contributed by atoms with Crippen molar-refractivity contribution in [3.8, 4) is 17.1 Å². The minimum Gasteiger partial charge on any atom is -0.472 e. The number of anilines is 2. The molecule has 3 amide bonds. The molecule has 14 nitrogen and oxygen atoms in total. The number of nitrogens with two attached hydrogens (primary N) is 2. The molecule has 340 valence electrons. The molecule has 0 aliphatic heterocycles. The minimum atomic E-state index is -0.854. The lowest BCUT2D eigenvalue weighted by molar-refractivity contribution is -0.125. The van der Waals surface area contributed by atoms with Crippen LogP contribution in [0.4, 0.5) is 11.4 Å². The topological polar surface area (TPSA) is 204 Å². The third kappa shape index (κ3) is 12.4. The Hall–Kier alpha value is -8.07. The maximum atomic E-state index is 13.8. The number of hydrogen-bond donors (Lipinski definition) is 6. The molecule has 5 aromatic carbocycles. The third-order valence-electron chi connectivity index (χ3n) is 11.1. The van der Waals surface area contributed by atoms with Crippen LogP contribution < -0.4 is 37.5 Å². The molecule has 0 aliphatic rings. The van der Waals surface area contributed by atoms with Crippen molar-refractivity contribution in [2.24, 2.45) is 11.5 Å². The Kier molecular flexibility index (Phi) is 15.1. The Morgan fingerprint density at radius 1 is 0.642 bits per heavy atom. The summed E-state index contributed by atoms with van der Waals surface area (Å²) >= 11 is 0. The number of benzene rings is 5. The first-order chi connectivity index (χ1) is 32.8. The zero-order valence-corrected chi connectivity index (χ0v) is 36.9. The van der Waals surface area contributed by atoms with E-state index in [-0.39, 0.29) is 44.0 Å². The molecule has 2 unspecified atom stereocenters. The number of hydrogen-bond acceptors (Lipinski definition) is 10. The Morgan fingerprint density at radius 2 is 1.31 bits per heavy atom. The van der Waals surface area contributed by atoms with E-state index in [1.807, 2.05) is 144 Å². The molecular formula is C53H53N9O5. The first-order valence-corrected chi connectivity index (χ1v) is 22.2. The van der Waals surface area contributed by atoms with Gasteiger partial charge in [-0.15, -0.1) is 0 Å². The van der Waals surface area contributed by atoms with Gasteiger partial charge in [0.1, 0.15) is 24.1 Å². The molecule has 0 saturated heterocycles. The van der Waals surface area contributed by atoms with E-state index in [2.05, 4.69) is 33.4 Å². The molecule has 0 saturated carbocycles. The van der Waals surface area contributed by atoms with Gasteiger partial charge in [-0.2, -0.15) is 0 Å². The van der Waals surface area contributed by atoms with Crippen LogP contribution in [0.3, 0.4) is 0 Å². The highest BCUT2D eigenvalue weighted by Gasteiger charge is 2.23. The number of rotatable bonds is 21. The summed E-state index contributed by atoms with van der Waals surface area (Å²) in [4.78, 5) is 48.8. The molecule has 0 bridgehead atoms. The molecule has 0 aliphatic carbocycles. The fourth-order valence-corrected chi connectivity index (χ4v) is 7.80. The smallest absolute Gasteiger partial charge is 0.247 e. The van der Waals surface area contributed by atoms with Crippen LogP contribution in [0.25, 0.3) is 16.9 Å². The Morgan fingerprint density at radius 3 is 1.99 bits per heavy atom. The van der Waals surface area contributed by atoms with Gasteiger partial charge in [-0.3, -0.25) is 18.8 Å². The second kappa shape index (κ2) is 22.2. The van der Waals surface area contributed by atoms with Crippen LogP contribution in [-0.2, 0) is 46.7 Å². The van der Waals surface area contributed by atoms with E-state index in [0.717, 1.165) is 45.0 Å². The number of amides is 3. The predicted molar refractivity (Wildman–Crippen MR) is 259 cm³/mol. The van der Waals surface area contributed by atoms with Crippen LogP contribution in [0.15, 0.2) is 169 Å². The van der Waals surface area contributed by atoms with Gasteiger partial charge in [0.25, 0.3) is 0 Å². The lowest BCUT2D eigenvalue weighted by atomic mass is 10.0. The average Bonchev–Trinajstić information content (AvgIpc) is 4.01. The van der Waals surface area contributed by atoms with Gasteiger partial charge in [0.15, 0.2) is 5.65 Å². The average molecular weight is 896 g/mol. The summed E-state index contributed by atoms with van der Waals surface area (Å²) in [5.41, 5.74) is 20.1. The number of furan rings is 1. The monoisotopic (exact) mass is 895 g/mol. The van der Waals surface area contributed by atoms with Crippen LogP contribution in [0.5, 0.6) is 5.88 Å². The van der Waals surface area contributed by atoms with E-state index >= 15 is 0 Å². The zero-order chi connectivity index (χ0) is 46.4. The summed E-state index contributed by atoms with van der Waals surface area (Å²) in [5.74, 6) is 0.250. The summed E-state index contributed by atoms with van der Waals surface area (Å²) < 4.78 is 14.5. The first-order valence-electron chi connectivity index (χ1n) is 22.2. The van der Waals surface area contributed by atoms with Gasteiger partial charge < -0.3 is 41.9 Å². The van der Waals surface area contributed by atoms with Gasteiger partial charge in [0, 0.05) is 42.5 Å². The van der Waals surface area contributed by atoms with Gasteiger partial charge in [0.05, 0.1) is 43.2 Å². The van der Waals surface area contributed by atoms with Crippen molar-refractivity contribution in [2.45, 2.75) is 44.4 Å². The van der Waals surface area contributed by atoms with Crippen molar-refractivity contribution in [3.05, 3.63) is 204 Å². The molecule has 3 aromatic heterocycles. The summed E-state index contributed by atoms with van der Waals surface area (Å²) in [6.07, 6.45) is 5.36. The molecule has 0 radical (unpaired) electrons. The number of fused-ring (bicyclic) bond motifs is 1. The lowest BCUT2D eigenvalue weighted by Gasteiger charge is -2.20. The van der Waals surface area contributed by atoms with E-state index in [1.54, 1.807) is 12.3 Å². The molecule has 14 heteroatoms. The molecule has 0 fully saturated rings. The second-order valence-electron chi connectivity index (χ2n) is 16.2. The molecule has 67 heavy (non-hydrogen) atoms. The van der Waals surface area contributed by atoms with E-state index in [9.17, 15) is 14.4 Å². The summed E-state index contributed by atoms with van der Waals surface area (Å²) in [5, 5.41) is 12.3. The van der Waals surface area contributed by atoms with E-state index in [4.69, 9.17) is 30.6 Å². The highest BCUT2D eigenvalue weighted by atomic mass is 16.5. The van der Waals surface area contributed by atoms with E-state index < -0.39 is 11.9 Å². The van der Waals surface area contributed by atoms with Crippen molar-refractivity contribution >= 4 is 34.7 Å². The van der Waals surface area contributed by atoms with Crippen LogP contribution in [0.1, 0.15) is 39.4 Å². The van der Waals surface area contributed by atoms with Gasteiger partial charge in [-0.1, -0.05) is 115 Å². The highest BCUT2D eigenvalue weighted by molar-refractivity contribution is 5.98. The van der Waals surface area contributed by atoms with Crippen molar-refractivity contribution in [1.29, 1.82) is 0 Å². The normalized spacial score (nSPS) is 12.0. The largest absolute Gasteiger partial charge is 0.472 e. The molecule has 8 N–H and O–H groups in total. The van der Waals surface area contributed by atoms with Gasteiger partial charge in [-0.05, 0) is 65.1 Å². The second-order valence-corrected chi connectivity index (χ2v) is 16.2. The quantitative estimate of drug-likeness (QED) is 0.0464. The Labute approximate surface area is 388 Å². The SMILES string of the molecule is NCC(=O)NC(CNc1ccc(COc2c(Cc3ccco3)nc3c(Cc4ccccc4)nc(-c4cccc(NC(=O)C(Cc5ccccc5)NC(=O)CN)c4)cn23)cc1)Cc1ccccc1. The molecule has 2 atom stereocenters. The fourth-order valence-electron chi connectivity index (χ4n) is 7.80. The van der Waals surface area contributed by atoms with Crippen LogP contribution in [-0.4, -0.2) is 63.8 Å². The summed E-state index contributed by atoms with van der Waals surface area (Å²) in [7, 11) is 0. The maximum Gasteiger partial charge on any atom is 0.247 e.